The summed E-state index contributed by atoms with van der Waals surface area (Å²) >= 11 is 6.15. The number of benzene rings is 1. The number of halogens is 1. The van der Waals surface area contributed by atoms with Crippen molar-refractivity contribution >= 4 is 28.3 Å². The summed E-state index contributed by atoms with van der Waals surface area (Å²) in [6.07, 6.45) is 1.99. The Hall–Kier alpha value is -1.65. The summed E-state index contributed by atoms with van der Waals surface area (Å²) < 4.78 is 5.66. The highest BCUT2D eigenvalue weighted by Gasteiger charge is 2.30. The Balaban J connectivity index is 1.78. The van der Waals surface area contributed by atoms with Gasteiger partial charge in [0.1, 0.15) is 10.8 Å². The van der Waals surface area contributed by atoms with Crippen molar-refractivity contribution in [3.05, 3.63) is 41.2 Å². The zero-order chi connectivity index (χ0) is 14.9. The van der Waals surface area contributed by atoms with Gasteiger partial charge in [-0.1, -0.05) is 35.9 Å². The van der Waals surface area contributed by atoms with Crippen LogP contribution in [0.1, 0.15) is 30.3 Å². The van der Waals surface area contributed by atoms with Gasteiger partial charge in [0.2, 0.25) is 0 Å². The molecule has 0 radical (unpaired) electrons. The molecule has 1 aliphatic heterocycles. The quantitative estimate of drug-likeness (QED) is 0.886. The molecule has 0 bridgehead atoms. The van der Waals surface area contributed by atoms with Crippen LogP contribution in [-0.4, -0.2) is 29.6 Å². The molecule has 1 aromatic carbocycles. The molecule has 1 fully saturated rings. The second kappa shape index (κ2) is 5.62. The number of hydrogen-bond donors (Lipinski definition) is 1. The van der Waals surface area contributed by atoms with Gasteiger partial charge < -0.3 is 10.1 Å². The van der Waals surface area contributed by atoms with E-state index in [1.165, 1.54) is 0 Å². The van der Waals surface area contributed by atoms with Crippen LogP contribution in [0.2, 0.25) is 5.15 Å². The minimum absolute atomic E-state index is 0.223. The normalized spacial score (nSPS) is 21.6. The summed E-state index contributed by atoms with van der Waals surface area (Å²) in [4.78, 5) is 16.4. The summed E-state index contributed by atoms with van der Waals surface area (Å²) in [6, 6.07) is 9.37. The number of amides is 1. The molecule has 1 unspecified atom stereocenters. The molecule has 1 saturated heterocycles. The van der Waals surface area contributed by atoms with Gasteiger partial charge in [-0.2, -0.15) is 0 Å². The van der Waals surface area contributed by atoms with E-state index >= 15 is 0 Å². The highest BCUT2D eigenvalue weighted by Crippen LogP contribution is 2.25. The Morgan fingerprint density at radius 1 is 1.48 bits per heavy atom. The van der Waals surface area contributed by atoms with Gasteiger partial charge in [0, 0.05) is 18.5 Å². The molecular weight excluding hydrogens is 288 g/mol. The molecule has 3 rings (SSSR count). The van der Waals surface area contributed by atoms with Crippen LogP contribution in [0.25, 0.3) is 10.8 Å². The predicted molar refractivity (Wildman–Crippen MR) is 82.7 cm³/mol. The van der Waals surface area contributed by atoms with Crippen LogP contribution in [0, 0.1) is 0 Å². The van der Waals surface area contributed by atoms with E-state index in [-0.39, 0.29) is 11.5 Å². The lowest BCUT2D eigenvalue weighted by molar-refractivity contribution is 0.0205. The molecule has 110 valence electrons. The van der Waals surface area contributed by atoms with Crippen molar-refractivity contribution in [2.45, 2.75) is 25.4 Å². The molecule has 1 aliphatic rings. The summed E-state index contributed by atoms with van der Waals surface area (Å²) in [6.45, 7) is 3.26. The molecule has 1 N–H and O–H groups in total. The summed E-state index contributed by atoms with van der Waals surface area (Å²) in [5, 5.41) is 4.99. The van der Waals surface area contributed by atoms with E-state index in [0.29, 0.717) is 17.4 Å². The second-order valence-electron chi connectivity index (χ2n) is 5.60. The molecule has 0 saturated carbocycles. The maximum atomic E-state index is 12.3. The van der Waals surface area contributed by atoms with Crippen LogP contribution >= 0.6 is 11.6 Å². The standard InChI is InChI=1S/C16H17ClN2O2/c1-16(7-4-8-21-16)10-18-15(20)13-9-11-5-2-3-6-12(11)14(17)19-13/h2-3,5-6,9H,4,7-8,10H2,1H3,(H,18,20). The van der Waals surface area contributed by atoms with E-state index in [0.717, 1.165) is 30.2 Å². The van der Waals surface area contributed by atoms with Gasteiger partial charge in [0.15, 0.2) is 0 Å². The third-order valence-corrected chi connectivity index (χ3v) is 4.14. The van der Waals surface area contributed by atoms with Crippen molar-refractivity contribution in [1.82, 2.24) is 10.3 Å². The number of carbonyl (C=O) groups excluding carboxylic acids is 1. The first kappa shape index (κ1) is 14.3. The summed E-state index contributed by atoms with van der Waals surface area (Å²) in [7, 11) is 0. The fraction of sp³-hybridized carbons (Fsp3) is 0.375. The maximum Gasteiger partial charge on any atom is 0.270 e. The fourth-order valence-electron chi connectivity index (χ4n) is 2.61. The smallest absolute Gasteiger partial charge is 0.270 e. The van der Waals surface area contributed by atoms with Crippen molar-refractivity contribution in [3.8, 4) is 0 Å². The molecular formula is C16H17ClN2O2. The van der Waals surface area contributed by atoms with E-state index in [1.807, 2.05) is 31.2 Å². The molecule has 1 atom stereocenters. The number of fused-ring (bicyclic) bond motifs is 1. The Bertz CT molecular complexity index is 681. The third-order valence-electron chi connectivity index (χ3n) is 3.85. The Kier molecular flexibility index (Phi) is 3.83. The topological polar surface area (TPSA) is 51.2 Å². The number of rotatable bonds is 3. The second-order valence-corrected chi connectivity index (χ2v) is 5.96. The number of ether oxygens (including phenoxy) is 1. The van der Waals surface area contributed by atoms with Gasteiger partial charge in [-0.15, -0.1) is 0 Å². The molecule has 1 aromatic heterocycles. The molecule has 2 heterocycles. The van der Waals surface area contributed by atoms with Crippen molar-refractivity contribution in [2.24, 2.45) is 0 Å². The van der Waals surface area contributed by atoms with E-state index in [1.54, 1.807) is 6.07 Å². The van der Waals surface area contributed by atoms with Crippen molar-refractivity contribution in [2.75, 3.05) is 13.2 Å². The molecule has 2 aromatic rings. The SMILES string of the molecule is CC1(CNC(=O)c2cc3ccccc3c(Cl)n2)CCCO1. The number of aromatic nitrogens is 1. The minimum Gasteiger partial charge on any atom is -0.373 e. The first-order valence-electron chi connectivity index (χ1n) is 7.05. The van der Waals surface area contributed by atoms with Gasteiger partial charge in [0.25, 0.3) is 5.91 Å². The predicted octanol–water partition coefficient (Wildman–Crippen LogP) is 3.19. The first-order valence-corrected chi connectivity index (χ1v) is 7.43. The van der Waals surface area contributed by atoms with Crippen molar-refractivity contribution in [1.29, 1.82) is 0 Å². The number of nitrogens with one attached hydrogen (secondary N) is 1. The number of carbonyl (C=O) groups is 1. The lowest BCUT2D eigenvalue weighted by Crippen LogP contribution is -2.40. The van der Waals surface area contributed by atoms with E-state index < -0.39 is 0 Å². The average molecular weight is 305 g/mol. The number of nitrogens with zero attached hydrogens (tertiary/aromatic N) is 1. The van der Waals surface area contributed by atoms with Crippen LogP contribution in [-0.2, 0) is 4.74 Å². The Morgan fingerprint density at radius 3 is 3.05 bits per heavy atom. The number of pyridine rings is 1. The van der Waals surface area contributed by atoms with E-state index in [4.69, 9.17) is 16.3 Å². The zero-order valence-corrected chi connectivity index (χ0v) is 12.6. The summed E-state index contributed by atoms with van der Waals surface area (Å²) in [5.41, 5.74) is 0.0661. The van der Waals surface area contributed by atoms with Crippen LogP contribution in [0.5, 0.6) is 0 Å². The monoisotopic (exact) mass is 304 g/mol. The molecule has 4 nitrogen and oxygen atoms in total. The van der Waals surface area contributed by atoms with Crippen LogP contribution in [0.15, 0.2) is 30.3 Å². The van der Waals surface area contributed by atoms with Crippen molar-refractivity contribution in [3.63, 3.8) is 0 Å². The molecule has 0 spiro atoms. The van der Waals surface area contributed by atoms with Gasteiger partial charge in [-0.3, -0.25) is 4.79 Å². The van der Waals surface area contributed by atoms with E-state index in [9.17, 15) is 4.79 Å². The fourth-order valence-corrected chi connectivity index (χ4v) is 2.87. The molecule has 0 aliphatic carbocycles. The maximum absolute atomic E-state index is 12.3. The minimum atomic E-state index is -0.268. The summed E-state index contributed by atoms with van der Waals surface area (Å²) in [5.74, 6) is -0.223. The lowest BCUT2D eigenvalue weighted by Gasteiger charge is -2.23. The molecule has 21 heavy (non-hydrogen) atoms. The first-order chi connectivity index (χ1) is 10.1. The van der Waals surface area contributed by atoms with Crippen LogP contribution < -0.4 is 5.32 Å². The highest BCUT2D eigenvalue weighted by atomic mass is 35.5. The Labute approximate surface area is 128 Å². The highest BCUT2D eigenvalue weighted by molar-refractivity contribution is 6.34. The van der Waals surface area contributed by atoms with Gasteiger partial charge in [0.05, 0.1) is 5.60 Å². The van der Waals surface area contributed by atoms with Crippen LogP contribution in [0.3, 0.4) is 0 Å². The molecule has 1 amide bonds. The van der Waals surface area contributed by atoms with E-state index in [2.05, 4.69) is 10.3 Å². The van der Waals surface area contributed by atoms with Gasteiger partial charge in [-0.25, -0.2) is 4.98 Å². The lowest BCUT2D eigenvalue weighted by atomic mass is 10.0. The number of hydrogen-bond acceptors (Lipinski definition) is 3. The third kappa shape index (κ3) is 3.01. The van der Waals surface area contributed by atoms with Gasteiger partial charge >= 0.3 is 0 Å². The average Bonchev–Trinajstić information content (AvgIpc) is 2.92. The van der Waals surface area contributed by atoms with Crippen molar-refractivity contribution < 1.29 is 9.53 Å². The molecule has 5 heteroatoms. The van der Waals surface area contributed by atoms with Gasteiger partial charge in [-0.05, 0) is 31.2 Å². The largest absolute Gasteiger partial charge is 0.373 e. The van der Waals surface area contributed by atoms with Crippen LogP contribution in [0.4, 0.5) is 0 Å². The Morgan fingerprint density at radius 2 is 2.29 bits per heavy atom. The zero-order valence-electron chi connectivity index (χ0n) is 11.9.